The smallest absolute Gasteiger partial charge is 0.136 e. The van der Waals surface area contributed by atoms with Gasteiger partial charge in [0.1, 0.15) is 5.78 Å². The van der Waals surface area contributed by atoms with Gasteiger partial charge in [0.2, 0.25) is 0 Å². The molecule has 0 atom stereocenters. The van der Waals surface area contributed by atoms with Gasteiger partial charge in [-0.1, -0.05) is 13.3 Å². The molecular weight excluding hydrogens is 212 g/mol. The molecule has 1 saturated carbocycles. The van der Waals surface area contributed by atoms with Crippen LogP contribution in [0.1, 0.15) is 58.3 Å². The molecule has 0 bridgehead atoms. The Bertz CT molecular complexity index is 235. The normalized spacial score (nSPS) is 31.4. The van der Waals surface area contributed by atoms with Crippen LogP contribution in [0.4, 0.5) is 0 Å². The van der Waals surface area contributed by atoms with Crippen LogP contribution in [0.5, 0.6) is 0 Å². The van der Waals surface area contributed by atoms with Crippen LogP contribution in [0.3, 0.4) is 0 Å². The van der Waals surface area contributed by atoms with E-state index >= 15 is 0 Å². The second-order valence-electron chi connectivity index (χ2n) is 5.85. The van der Waals surface area contributed by atoms with Gasteiger partial charge in [-0.05, 0) is 50.4 Å². The van der Waals surface area contributed by atoms with Gasteiger partial charge in [-0.3, -0.25) is 4.79 Å². The maximum absolute atomic E-state index is 12.2. The van der Waals surface area contributed by atoms with Crippen LogP contribution in [-0.2, 0) is 9.53 Å². The van der Waals surface area contributed by atoms with Crippen molar-refractivity contribution in [3.63, 3.8) is 0 Å². The van der Waals surface area contributed by atoms with Crippen molar-refractivity contribution in [3.8, 4) is 0 Å². The second kappa shape index (κ2) is 6.53. The maximum Gasteiger partial charge on any atom is 0.136 e. The lowest BCUT2D eigenvalue weighted by Gasteiger charge is -2.28. The van der Waals surface area contributed by atoms with E-state index in [1.54, 1.807) is 0 Å². The van der Waals surface area contributed by atoms with Crippen molar-refractivity contribution in [2.75, 3.05) is 13.2 Å². The summed E-state index contributed by atoms with van der Waals surface area (Å²) in [6.45, 7) is 4.00. The Hall–Kier alpha value is -0.370. The molecular formula is C15H26O2. The molecule has 2 fully saturated rings. The summed E-state index contributed by atoms with van der Waals surface area (Å²) in [6, 6.07) is 0. The van der Waals surface area contributed by atoms with Crippen LogP contribution in [-0.4, -0.2) is 19.0 Å². The number of Topliss-reactive ketones (excluding diaryl/α,β-unsaturated/α-hetero) is 1. The molecule has 0 unspecified atom stereocenters. The van der Waals surface area contributed by atoms with Crippen molar-refractivity contribution in [2.24, 2.45) is 17.8 Å². The molecule has 0 radical (unpaired) electrons. The molecule has 1 heterocycles. The Kier molecular flexibility index (Phi) is 5.02. The Balaban J connectivity index is 1.72. The lowest BCUT2D eigenvalue weighted by molar-refractivity contribution is -0.125. The van der Waals surface area contributed by atoms with Crippen LogP contribution >= 0.6 is 0 Å². The quantitative estimate of drug-likeness (QED) is 0.748. The molecule has 0 N–H and O–H groups in total. The predicted molar refractivity (Wildman–Crippen MR) is 68.9 cm³/mol. The topological polar surface area (TPSA) is 26.3 Å². The highest BCUT2D eigenvalue weighted by Crippen LogP contribution is 2.33. The SMILES string of the molecule is CCC1CCC(C(=O)CC2CCOCC2)CC1. The van der Waals surface area contributed by atoms with Gasteiger partial charge in [-0.2, -0.15) is 0 Å². The number of hydrogen-bond acceptors (Lipinski definition) is 2. The van der Waals surface area contributed by atoms with E-state index in [9.17, 15) is 4.79 Å². The Labute approximate surface area is 105 Å². The minimum absolute atomic E-state index is 0.389. The first-order chi connectivity index (χ1) is 8.29. The third kappa shape index (κ3) is 3.80. The third-order valence-electron chi connectivity index (χ3n) is 4.71. The molecule has 2 rings (SSSR count). The van der Waals surface area contributed by atoms with E-state index in [0.717, 1.165) is 51.2 Å². The van der Waals surface area contributed by atoms with Crippen molar-refractivity contribution >= 4 is 5.78 Å². The van der Waals surface area contributed by atoms with Gasteiger partial charge in [0.05, 0.1) is 0 Å². The summed E-state index contributed by atoms with van der Waals surface area (Å²) in [5, 5.41) is 0. The number of ketones is 1. The van der Waals surface area contributed by atoms with Gasteiger partial charge in [0.25, 0.3) is 0 Å². The van der Waals surface area contributed by atoms with Crippen molar-refractivity contribution in [2.45, 2.75) is 58.3 Å². The number of rotatable bonds is 4. The molecule has 1 aliphatic carbocycles. The summed E-state index contributed by atoms with van der Waals surface area (Å²) in [6.07, 6.45) is 9.17. The zero-order valence-electron chi connectivity index (χ0n) is 11.1. The van der Waals surface area contributed by atoms with Crippen molar-refractivity contribution in [1.29, 1.82) is 0 Å². The van der Waals surface area contributed by atoms with Crippen LogP contribution in [0.2, 0.25) is 0 Å². The molecule has 0 aromatic heterocycles. The van der Waals surface area contributed by atoms with Gasteiger partial charge in [0, 0.05) is 25.6 Å². The average molecular weight is 238 g/mol. The molecule has 98 valence electrons. The van der Waals surface area contributed by atoms with E-state index < -0.39 is 0 Å². The van der Waals surface area contributed by atoms with E-state index in [1.165, 1.54) is 19.3 Å². The van der Waals surface area contributed by atoms with E-state index in [2.05, 4.69) is 6.92 Å². The molecule has 2 heteroatoms. The summed E-state index contributed by atoms with van der Waals surface area (Å²) < 4.78 is 5.34. The first-order valence-electron chi connectivity index (χ1n) is 7.40. The zero-order chi connectivity index (χ0) is 12.1. The number of carbonyl (C=O) groups is 1. The van der Waals surface area contributed by atoms with Gasteiger partial charge in [-0.15, -0.1) is 0 Å². The molecule has 0 amide bonds. The lowest BCUT2D eigenvalue weighted by Crippen LogP contribution is -2.25. The molecule has 17 heavy (non-hydrogen) atoms. The van der Waals surface area contributed by atoms with Crippen molar-refractivity contribution in [1.82, 2.24) is 0 Å². The summed E-state index contributed by atoms with van der Waals surface area (Å²) in [5.74, 6) is 2.44. The fraction of sp³-hybridized carbons (Fsp3) is 0.933. The zero-order valence-corrected chi connectivity index (χ0v) is 11.1. The van der Waals surface area contributed by atoms with Crippen LogP contribution in [0, 0.1) is 17.8 Å². The first kappa shape index (κ1) is 13.1. The van der Waals surface area contributed by atoms with Crippen LogP contribution in [0.25, 0.3) is 0 Å². The van der Waals surface area contributed by atoms with Gasteiger partial charge >= 0.3 is 0 Å². The Morgan fingerprint density at radius 1 is 1.00 bits per heavy atom. The van der Waals surface area contributed by atoms with Gasteiger partial charge in [-0.25, -0.2) is 0 Å². The van der Waals surface area contributed by atoms with Gasteiger partial charge < -0.3 is 4.74 Å². The van der Waals surface area contributed by atoms with E-state index in [1.807, 2.05) is 0 Å². The summed E-state index contributed by atoms with van der Waals surface area (Å²) in [5.41, 5.74) is 0. The predicted octanol–water partition coefficient (Wildman–Crippen LogP) is 3.59. The van der Waals surface area contributed by atoms with E-state index in [4.69, 9.17) is 4.74 Å². The average Bonchev–Trinajstić information content (AvgIpc) is 2.40. The minimum Gasteiger partial charge on any atom is -0.381 e. The minimum atomic E-state index is 0.389. The number of carbonyl (C=O) groups excluding carboxylic acids is 1. The summed E-state index contributed by atoms with van der Waals surface area (Å²) in [4.78, 5) is 12.2. The monoisotopic (exact) mass is 238 g/mol. The van der Waals surface area contributed by atoms with Gasteiger partial charge in [0.15, 0.2) is 0 Å². The maximum atomic E-state index is 12.2. The molecule has 1 aliphatic heterocycles. The molecule has 2 nitrogen and oxygen atoms in total. The molecule has 0 spiro atoms. The highest BCUT2D eigenvalue weighted by molar-refractivity contribution is 5.81. The number of hydrogen-bond donors (Lipinski definition) is 0. The highest BCUT2D eigenvalue weighted by atomic mass is 16.5. The number of ether oxygens (including phenoxy) is 1. The fourth-order valence-electron chi connectivity index (χ4n) is 3.29. The third-order valence-corrected chi connectivity index (χ3v) is 4.71. The summed E-state index contributed by atoms with van der Waals surface area (Å²) in [7, 11) is 0. The molecule has 2 aliphatic rings. The molecule has 0 aromatic rings. The van der Waals surface area contributed by atoms with E-state index in [0.29, 0.717) is 17.6 Å². The standard InChI is InChI=1S/C15H26O2/c1-2-12-3-5-14(6-4-12)15(16)11-13-7-9-17-10-8-13/h12-14H,2-11H2,1H3. The van der Waals surface area contributed by atoms with Crippen molar-refractivity contribution < 1.29 is 9.53 Å². The second-order valence-corrected chi connectivity index (χ2v) is 5.85. The van der Waals surface area contributed by atoms with Crippen molar-refractivity contribution in [3.05, 3.63) is 0 Å². The van der Waals surface area contributed by atoms with Crippen LogP contribution in [0.15, 0.2) is 0 Å². The van der Waals surface area contributed by atoms with E-state index in [-0.39, 0.29) is 0 Å². The van der Waals surface area contributed by atoms with Crippen LogP contribution < -0.4 is 0 Å². The molecule has 1 saturated heterocycles. The highest BCUT2D eigenvalue weighted by Gasteiger charge is 2.27. The molecule has 0 aromatic carbocycles. The largest absolute Gasteiger partial charge is 0.381 e. The lowest BCUT2D eigenvalue weighted by atomic mass is 9.77. The Morgan fingerprint density at radius 2 is 1.65 bits per heavy atom. The Morgan fingerprint density at radius 3 is 2.24 bits per heavy atom. The summed E-state index contributed by atoms with van der Waals surface area (Å²) >= 11 is 0. The first-order valence-corrected chi connectivity index (χ1v) is 7.40. The fourth-order valence-corrected chi connectivity index (χ4v) is 3.29.